The molecule has 0 bridgehead atoms. The molecular weight excluding hydrogens is 342 g/mol. The molecular formula is C21H25N3O3. The minimum Gasteiger partial charge on any atom is -0.497 e. The van der Waals surface area contributed by atoms with Gasteiger partial charge in [0.05, 0.1) is 14.2 Å². The molecule has 0 fully saturated rings. The Kier molecular flexibility index (Phi) is 6.44. The number of nitrogens with zero attached hydrogens (tertiary/aromatic N) is 2. The molecule has 0 amide bonds. The third-order valence-electron chi connectivity index (χ3n) is 4.39. The van der Waals surface area contributed by atoms with Crippen molar-refractivity contribution in [1.82, 2.24) is 15.5 Å². The van der Waals surface area contributed by atoms with Gasteiger partial charge in [-0.1, -0.05) is 30.3 Å². The van der Waals surface area contributed by atoms with Gasteiger partial charge in [0, 0.05) is 30.2 Å². The molecule has 0 atom stereocenters. The molecule has 27 heavy (non-hydrogen) atoms. The van der Waals surface area contributed by atoms with Gasteiger partial charge in [0.1, 0.15) is 11.5 Å². The second-order valence-corrected chi connectivity index (χ2v) is 6.17. The lowest BCUT2D eigenvalue weighted by atomic mass is 10.1. The predicted octanol–water partition coefficient (Wildman–Crippen LogP) is 3.65. The van der Waals surface area contributed by atoms with Crippen LogP contribution in [0.3, 0.4) is 0 Å². The zero-order chi connectivity index (χ0) is 19.1. The second-order valence-electron chi connectivity index (χ2n) is 6.17. The highest BCUT2D eigenvalue weighted by molar-refractivity contribution is 5.53. The fourth-order valence-corrected chi connectivity index (χ4v) is 2.78. The van der Waals surface area contributed by atoms with Crippen LogP contribution in [0.4, 0.5) is 0 Å². The van der Waals surface area contributed by atoms with Crippen LogP contribution in [0.5, 0.6) is 11.5 Å². The Bertz CT molecular complexity index is 859. The molecule has 142 valence electrons. The molecule has 0 saturated heterocycles. The number of nitrogens with one attached hydrogen (secondary N) is 1. The lowest BCUT2D eigenvalue weighted by Crippen LogP contribution is -2.17. The minimum absolute atomic E-state index is 0.572. The molecule has 2 aromatic carbocycles. The first-order valence-electron chi connectivity index (χ1n) is 9.07. The van der Waals surface area contributed by atoms with Crippen molar-refractivity contribution in [3.05, 3.63) is 59.4 Å². The number of ether oxygens (including phenoxy) is 2. The van der Waals surface area contributed by atoms with Crippen LogP contribution in [-0.2, 0) is 19.4 Å². The summed E-state index contributed by atoms with van der Waals surface area (Å²) in [5.74, 6) is 2.93. The largest absolute Gasteiger partial charge is 0.497 e. The van der Waals surface area contributed by atoms with Crippen LogP contribution in [0.2, 0.25) is 0 Å². The zero-order valence-electron chi connectivity index (χ0n) is 16.0. The summed E-state index contributed by atoms with van der Waals surface area (Å²) in [6.07, 6.45) is 1.70. The van der Waals surface area contributed by atoms with Crippen LogP contribution in [0, 0.1) is 0 Å². The number of methoxy groups -OCH3 is 2. The van der Waals surface area contributed by atoms with Crippen LogP contribution in [0.15, 0.2) is 47.0 Å². The van der Waals surface area contributed by atoms with Gasteiger partial charge in [-0.25, -0.2) is 0 Å². The lowest BCUT2D eigenvalue weighted by Gasteiger charge is -2.11. The number of hydrogen-bond acceptors (Lipinski definition) is 6. The van der Waals surface area contributed by atoms with Gasteiger partial charge >= 0.3 is 0 Å². The molecule has 6 heteroatoms. The summed E-state index contributed by atoms with van der Waals surface area (Å²) in [6, 6.07) is 14.1. The van der Waals surface area contributed by atoms with E-state index in [2.05, 4.69) is 27.6 Å². The Morgan fingerprint density at radius 3 is 2.52 bits per heavy atom. The summed E-state index contributed by atoms with van der Waals surface area (Å²) in [6.45, 7) is 3.62. The maximum absolute atomic E-state index is 5.43. The Morgan fingerprint density at radius 1 is 1.04 bits per heavy atom. The Labute approximate surface area is 159 Å². The SMILES string of the molecule is CCc1noc(-c2ccc(CCNCc3ccc(OC)cc3OC)cc2)n1. The summed E-state index contributed by atoms with van der Waals surface area (Å²) in [4.78, 5) is 4.36. The molecule has 6 nitrogen and oxygen atoms in total. The van der Waals surface area contributed by atoms with Crippen molar-refractivity contribution < 1.29 is 14.0 Å². The van der Waals surface area contributed by atoms with Gasteiger partial charge in [0.2, 0.25) is 0 Å². The highest BCUT2D eigenvalue weighted by atomic mass is 16.5. The molecule has 0 radical (unpaired) electrons. The van der Waals surface area contributed by atoms with Crippen molar-refractivity contribution in [1.29, 1.82) is 0 Å². The smallest absolute Gasteiger partial charge is 0.257 e. The molecule has 1 aromatic heterocycles. The van der Waals surface area contributed by atoms with Crippen LogP contribution in [-0.4, -0.2) is 30.9 Å². The monoisotopic (exact) mass is 367 g/mol. The van der Waals surface area contributed by atoms with Crippen LogP contribution in [0.1, 0.15) is 23.9 Å². The topological polar surface area (TPSA) is 69.4 Å². The third-order valence-corrected chi connectivity index (χ3v) is 4.39. The highest BCUT2D eigenvalue weighted by Crippen LogP contribution is 2.24. The van der Waals surface area contributed by atoms with Gasteiger partial charge in [-0.05, 0) is 36.7 Å². The highest BCUT2D eigenvalue weighted by Gasteiger charge is 2.08. The van der Waals surface area contributed by atoms with E-state index in [1.807, 2.05) is 37.3 Å². The van der Waals surface area contributed by atoms with Crippen LogP contribution in [0.25, 0.3) is 11.5 Å². The molecule has 0 saturated carbocycles. The van der Waals surface area contributed by atoms with Gasteiger partial charge < -0.3 is 19.3 Å². The van der Waals surface area contributed by atoms with E-state index in [9.17, 15) is 0 Å². The molecule has 3 rings (SSSR count). The van der Waals surface area contributed by atoms with Crippen molar-refractivity contribution >= 4 is 0 Å². The van der Waals surface area contributed by atoms with Gasteiger partial charge in [-0.15, -0.1) is 0 Å². The fourth-order valence-electron chi connectivity index (χ4n) is 2.78. The Hall–Kier alpha value is -2.86. The van der Waals surface area contributed by atoms with E-state index in [1.54, 1.807) is 14.2 Å². The van der Waals surface area contributed by atoms with Gasteiger partial charge in [-0.3, -0.25) is 0 Å². The van der Waals surface area contributed by atoms with Crippen molar-refractivity contribution in [3.8, 4) is 23.0 Å². The molecule has 3 aromatic rings. The summed E-state index contributed by atoms with van der Waals surface area (Å²) in [5.41, 5.74) is 3.31. The van der Waals surface area contributed by atoms with Gasteiger partial charge in [0.15, 0.2) is 5.82 Å². The van der Waals surface area contributed by atoms with Crippen molar-refractivity contribution in [2.75, 3.05) is 20.8 Å². The maximum atomic E-state index is 5.43. The predicted molar refractivity (Wildman–Crippen MR) is 104 cm³/mol. The summed E-state index contributed by atoms with van der Waals surface area (Å²) < 4.78 is 15.9. The molecule has 1 heterocycles. The minimum atomic E-state index is 0.572. The molecule has 1 N–H and O–H groups in total. The van der Waals surface area contributed by atoms with Gasteiger partial charge in [-0.2, -0.15) is 4.98 Å². The van der Waals surface area contributed by atoms with Crippen LogP contribution < -0.4 is 14.8 Å². The number of hydrogen-bond donors (Lipinski definition) is 1. The van der Waals surface area contributed by atoms with E-state index in [1.165, 1.54) is 5.56 Å². The average molecular weight is 367 g/mol. The first kappa shape index (κ1) is 18.9. The number of benzene rings is 2. The quantitative estimate of drug-likeness (QED) is 0.582. The number of rotatable bonds is 9. The molecule has 0 unspecified atom stereocenters. The molecule has 0 aliphatic rings. The summed E-state index contributed by atoms with van der Waals surface area (Å²) >= 11 is 0. The zero-order valence-corrected chi connectivity index (χ0v) is 16.0. The van der Waals surface area contributed by atoms with E-state index in [0.29, 0.717) is 5.89 Å². The summed E-state index contributed by atoms with van der Waals surface area (Å²) in [5, 5.41) is 7.39. The van der Waals surface area contributed by atoms with E-state index in [-0.39, 0.29) is 0 Å². The average Bonchev–Trinajstić information content (AvgIpc) is 3.21. The third kappa shape index (κ3) is 4.86. The number of aryl methyl sites for hydroxylation is 1. The normalized spacial score (nSPS) is 10.8. The number of aromatic nitrogens is 2. The van der Waals surface area contributed by atoms with Crippen LogP contribution >= 0.6 is 0 Å². The molecule has 0 spiro atoms. The summed E-state index contributed by atoms with van der Waals surface area (Å²) in [7, 11) is 3.33. The van der Waals surface area contributed by atoms with Crippen molar-refractivity contribution in [2.45, 2.75) is 26.3 Å². The maximum Gasteiger partial charge on any atom is 0.257 e. The van der Waals surface area contributed by atoms with E-state index >= 15 is 0 Å². The van der Waals surface area contributed by atoms with E-state index in [0.717, 1.165) is 54.4 Å². The lowest BCUT2D eigenvalue weighted by molar-refractivity contribution is 0.390. The molecule has 0 aliphatic carbocycles. The van der Waals surface area contributed by atoms with Gasteiger partial charge in [0.25, 0.3) is 5.89 Å². The van der Waals surface area contributed by atoms with E-state index < -0.39 is 0 Å². The van der Waals surface area contributed by atoms with Crippen molar-refractivity contribution in [3.63, 3.8) is 0 Å². The van der Waals surface area contributed by atoms with E-state index in [4.69, 9.17) is 14.0 Å². The second kappa shape index (κ2) is 9.19. The Morgan fingerprint density at radius 2 is 1.85 bits per heavy atom. The first-order chi connectivity index (χ1) is 13.2. The Balaban J connectivity index is 1.51. The van der Waals surface area contributed by atoms with Crippen molar-refractivity contribution in [2.24, 2.45) is 0 Å². The first-order valence-corrected chi connectivity index (χ1v) is 9.07. The molecule has 0 aliphatic heterocycles. The standard InChI is InChI=1S/C21H25N3O3/c1-4-20-23-21(27-24-20)16-7-5-15(6-8-16)11-12-22-14-17-9-10-18(25-2)13-19(17)26-3/h5-10,13,22H,4,11-12,14H2,1-3H3. The fraction of sp³-hybridized carbons (Fsp3) is 0.333.